The zero-order valence-electron chi connectivity index (χ0n) is 13.2. The molecule has 0 atom stereocenters. The molecule has 0 saturated carbocycles. The van der Waals surface area contributed by atoms with Crippen LogP contribution >= 0.6 is 0 Å². The van der Waals surface area contributed by atoms with Crippen LogP contribution in [0.2, 0.25) is 0 Å². The maximum atomic E-state index is 12.0. The van der Waals surface area contributed by atoms with Gasteiger partial charge < -0.3 is 10.1 Å². The van der Waals surface area contributed by atoms with Crippen molar-refractivity contribution in [3.8, 4) is 0 Å². The van der Waals surface area contributed by atoms with E-state index in [-0.39, 0.29) is 11.8 Å². The van der Waals surface area contributed by atoms with Crippen molar-refractivity contribution in [2.45, 2.75) is 26.7 Å². The molecule has 0 aliphatic rings. The van der Waals surface area contributed by atoms with Crippen LogP contribution < -0.4 is 5.32 Å². The van der Waals surface area contributed by atoms with Gasteiger partial charge >= 0.3 is 5.97 Å². The van der Waals surface area contributed by atoms with Crippen molar-refractivity contribution in [3.63, 3.8) is 0 Å². The number of carbonyl (C=O) groups is 2. The van der Waals surface area contributed by atoms with Crippen LogP contribution in [0.4, 0.5) is 5.82 Å². The van der Waals surface area contributed by atoms with Crippen molar-refractivity contribution in [1.82, 2.24) is 15.2 Å². The molecule has 23 heavy (non-hydrogen) atoms. The number of anilines is 1. The van der Waals surface area contributed by atoms with E-state index >= 15 is 0 Å². The fourth-order valence-corrected chi connectivity index (χ4v) is 1.84. The van der Waals surface area contributed by atoms with Gasteiger partial charge in [0.1, 0.15) is 5.82 Å². The predicted molar refractivity (Wildman–Crippen MR) is 84.9 cm³/mol. The molecule has 2 N–H and O–H groups in total. The van der Waals surface area contributed by atoms with Gasteiger partial charge in [-0.3, -0.25) is 9.89 Å². The first-order chi connectivity index (χ1) is 11.1. The molecule has 2 aromatic heterocycles. The molecule has 0 saturated heterocycles. The van der Waals surface area contributed by atoms with Crippen LogP contribution in [0.15, 0.2) is 30.7 Å². The molecule has 0 aliphatic carbocycles. The summed E-state index contributed by atoms with van der Waals surface area (Å²) in [6.07, 6.45) is 6.53. The summed E-state index contributed by atoms with van der Waals surface area (Å²) in [5, 5.41) is 9.24. The first-order valence-corrected chi connectivity index (χ1v) is 7.48. The van der Waals surface area contributed by atoms with E-state index in [0.717, 1.165) is 12.0 Å². The largest absolute Gasteiger partial charge is 0.462 e. The van der Waals surface area contributed by atoms with Crippen molar-refractivity contribution in [2.24, 2.45) is 5.92 Å². The highest BCUT2D eigenvalue weighted by Crippen LogP contribution is 2.10. The van der Waals surface area contributed by atoms with E-state index in [2.05, 4.69) is 20.5 Å². The SMILES string of the molecule is CC(C)C(=O)Nc1cc(C(=O)OCCCc2cn[nH]c2)ccn1. The Bertz CT molecular complexity index is 653. The van der Waals surface area contributed by atoms with Gasteiger partial charge in [0.25, 0.3) is 0 Å². The van der Waals surface area contributed by atoms with Crippen LogP contribution in [0.25, 0.3) is 0 Å². The van der Waals surface area contributed by atoms with Gasteiger partial charge in [0.2, 0.25) is 5.91 Å². The molecule has 2 aromatic rings. The second-order valence-electron chi connectivity index (χ2n) is 5.42. The molecular formula is C16H20N4O3. The minimum atomic E-state index is -0.431. The monoisotopic (exact) mass is 316 g/mol. The second kappa shape index (κ2) is 8.07. The number of rotatable bonds is 7. The number of ether oxygens (including phenoxy) is 1. The third-order valence-corrected chi connectivity index (χ3v) is 3.17. The summed E-state index contributed by atoms with van der Waals surface area (Å²) in [5.74, 6) is -0.394. The molecule has 2 rings (SSSR count). The lowest BCUT2D eigenvalue weighted by atomic mass is 10.2. The number of amides is 1. The summed E-state index contributed by atoms with van der Waals surface area (Å²) >= 11 is 0. The van der Waals surface area contributed by atoms with E-state index < -0.39 is 5.97 Å². The lowest BCUT2D eigenvalue weighted by molar-refractivity contribution is -0.118. The van der Waals surface area contributed by atoms with Gasteiger partial charge in [0.05, 0.1) is 18.4 Å². The molecule has 0 unspecified atom stereocenters. The van der Waals surface area contributed by atoms with Gasteiger partial charge in [0.15, 0.2) is 0 Å². The summed E-state index contributed by atoms with van der Waals surface area (Å²) in [4.78, 5) is 27.7. The summed E-state index contributed by atoms with van der Waals surface area (Å²) < 4.78 is 5.22. The maximum Gasteiger partial charge on any atom is 0.338 e. The number of nitrogens with one attached hydrogen (secondary N) is 2. The quantitative estimate of drug-likeness (QED) is 0.603. The maximum absolute atomic E-state index is 12.0. The van der Waals surface area contributed by atoms with E-state index in [1.807, 2.05) is 6.20 Å². The van der Waals surface area contributed by atoms with Crippen LogP contribution in [0.5, 0.6) is 0 Å². The summed E-state index contributed by atoms with van der Waals surface area (Å²) in [5.41, 5.74) is 1.44. The topological polar surface area (TPSA) is 97.0 Å². The molecule has 0 radical (unpaired) electrons. The molecule has 0 aliphatic heterocycles. The normalized spacial score (nSPS) is 10.6. The predicted octanol–water partition coefficient (Wildman–Crippen LogP) is 2.19. The Kier molecular flexibility index (Phi) is 5.85. The molecule has 0 spiro atoms. The molecular weight excluding hydrogens is 296 g/mol. The molecule has 0 fully saturated rings. The summed E-state index contributed by atoms with van der Waals surface area (Å²) in [6.45, 7) is 3.89. The van der Waals surface area contributed by atoms with Gasteiger partial charge in [-0.1, -0.05) is 13.8 Å². The highest BCUT2D eigenvalue weighted by atomic mass is 16.5. The van der Waals surface area contributed by atoms with Gasteiger partial charge in [-0.25, -0.2) is 9.78 Å². The summed E-state index contributed by atoms with van der Waals surface area (Å²) in [6, 6.07) is 3.07. The number of nitrogens with zero attached hydrogens (tertiary/aromatic N) is 2. The Hall–Kier alpha value is -2.70. The van der Waals surface area contributed by atoms with Crippen molar-refractivity contribution in [3.05, 3.63) is 41.9 Å². The minimum Gasteiger partial charge on any atom is -0.462 e. The van der Waals surface area contributed by atoms with E-state index in [0.29, 0.717) is 24.4 Å². The second-order valence-corrected chi connectivity index (χ2v) is 5.42. The smallest absolute Gasteiger partial charge is 0.338 e. The van der Waals surface area contributed by atoms with Crippen LogP contribution in [0, 0.1) is 5.92 Å². The number of aromatic nitrogens is 3. The fourth-order valence-electron chi connectivity index (χ4n) is 1.84. The zero-order valence-corrected chi connectivity index (χ0v) is 13.2. The number of aromatic amines is 1. The molecule has 1 amide bonds. The summed E-state index contributed by atoms with van der Waals surface area (Å²) in [7, 11) is 0. The number of hydrogen-bond donors (Lipinski definition) is 2. The van der Waals surface area contributed by atoms with Crippen molar-refractivity contribution in [2.75, 3.05) is 11.9 Å². The molecule has 7 nitrogen and oxygen atoms in total. The molecule has 2 heterocycles. The van der Waals surface area contributed by atoms with Crippen LogP contribution in [-0.4, -0.2) is 33.7 Å². The third kappa shape index (κ3) is 5.21. The van der Waals surface area contributed by atoms with E-state index in [4.69, 9.17) is 4.74 Å². The van der Waals surface area contributed by atoms with E-state index in [9.17, 15) is 9.59 Å². The molecule has 0 aromatic carbocycles. The number of esters is 1. The Balaban J connectivity index is 1.83. The van der Waals surface area contributed by atoms with Crippen molar-refractivity contribution >= 4 is 17.7 Å². The number of pyridine rings is 1. The fraction of sp³-hybridized carbons (Fsp3) is 0.375. The van der Waals surface area contributed by atoms with Gasteiger partial charge in [-0.2, -0.15) is 5.10 Å². The van der Waals surface area contributed by atoms with Crippen LogP contribution in [-0.2, 0) is 16.0 Å². The van der Waals surface area contributed by atoms with Gasteiger partial charge in [-0.15, -0.1) is 0 Å². The van der Waals surface area contributed by atoms with E-state index in [1.54, 1.807) is 26.1 Å². The Morgan fingerprint density at radius 3 is 2.91 bits per heavy atom. The minimum absolute atomic E-state index is 0.150. The first-order valence-electron chi connectivity index (χ1n) is 7.48. The van der Waals surface area contributed by atoms with Crippen molar-refractivity contribution in [1.29, 1.82) is 0 Å². The standard InChI is InChI=1S/C16H20N4O3/c1-11(2)15(21)20-14-8-13(5-6-17-14)16(22)23-7-3-4-12-9-18-19-10-12/h5-6,8-11H,3-4,7H2,1-2H3,(H,18,19)(H,17,20,21). The molecule has 122 valence electrons. The van der Waals surface area contributed by atoms with Crippen LogP contribution in [0.3, 0.4) is 0 Å². The lowest BCUT2D eigenvalue weighted by Gasteiger charge is -2.08. The Morgan fingerprint density at radius 2 is 2.22 bits per heavy atom. The van der Waals surface area contributed by atoms with E-state index in [1.165, 1.54) is 12.3 Å². The third-order valence-electron chi connectivity index (χ3n) is 3.17. The Morgan fingerprint density at radius 1 is 1.39 bits per heavy atom. The van der Waals surface area contributed by atoms with Crippen LogP contribution in [0.1, 0.15) is 36.2 Å². The zero-order chi connectivity index (χ0) is 16.7. The highest BCUT2D eigenvalue weighted by molar-refractivity contribution is 5.94. The first kappa shape index (κ1) is 16.7. The van der Waals surface area contributed by atoms with Gasteiger partial charge in [0, 0.05) is 18.3 Å². The number of aryl methyl sites for hydroxylation is 1. The number of carbonyl (C=O) groups excluding carboxylic acids is 2. The molecule has 7 heteroatoms. The average molecular weight is 316 g/mol. The Labute approximate surface area is 134 Å². The van der Waals surface area contributed by atoms with Crippen molar-refractivity contribution < 1.29 is 14.3 Å². The number of hydrogen-bond acceptors (Lipinski definition) is 5. The number of H-pyrrole nitrogens is 1. The average Bonchev–Trinajstić information content (AvgIpc) is 3.05. The highest BCUT2D eigenvalue weighted by Gasteiger charge is 2.11. The van der Waals surface area contributed by atoms with Gasteiger partial charge in [-0.05, 0) is 30.5 Å². The lowest BCUT2D eigenvalue weighted by Crippen LogP contribution is -2.19. The molecule has 0 bridgehead atoms.